The van der Waals surface area contributed by atoms with Crippen molar-refractivity contribution in [1.29, 1.82) is 0 Å². The molecule has 1 aromatic heterocycles. The van der Waals surface area contributed by atoms with Gasteiger partial charge in [-0.25, -0.2) is 14.8 Å². The third-order valence-corrected chi connectivity index (χ3v) is 5.78. The Balaban J connectivity index is 1.51. The van der Waals surface area contributed by atoms with E-state index < -0.39 is 5.60 Å². The maximum Gasteiger partial charge on any atom is 0.410 e. The molecule has 1 amide bonds. The van der Waals surface area contributed by atoms with Crippen LogP contribution in [0.2, 0.25) is 0 Å². The Hall–Kier alpha value is -3.81. The van der Waals surface area contributed by atoms with E-state index in [-0.39, 0.29) is 12.1 Å². The van der Waals surface area contributed by atoms with Crippen LogP contribution in [0, 0.1) is 0 Å². The van der Waals surface area contributed by atoms with E-state index in [2.05, 4.69) is 44.5 Å². The van der Waals surface area contributed by atoms with Crippen LogP contribution in [0.5, 0.6) is 0 Å². The van der Waals surface area contributed by atoms with Crippen LogP contribution in [0.4, 0.5) is 22.1 Å². The molecule has 1 aliphatic heterocycles. The fourth-order valence-electron chi connectivity index (χ4n) is 4.13. The molecule has 8 nitrogen and oxygen atoms in total. The number of aromatic nitrogens is 2. The summed E-state index contributed by atoms with van der Waals surface area (Å²) in [5.41, 5.74) is 8.92. The van der Waals surface area contributed by atoms with Crippen LogP contribution in [0.15, 0.2) is 67.0 Å². The van der Waals surface area contributed by atoms with Gasteiger partial charge in [-0.2, -0.15) is 0 Å². The van der Waals surface area contributed by atoms with E-state index in [1.165, 1.54) is 17.5 Å². The van der Waals surface area contributed by atoms with Crippen LogP contribution in [0.3, 0.4) is 0 Å². The lowest BCUT2D eigenvalue weighted by Crippen LogP contribution is -2.36. The van der Waals surface area contributed by atoms with Gasteiger partial charge in [-0.1, -0.05) is 60.7 Å². The van der Waals surface area contributed by atoms with Gasteiger partial charge in [0.15, 0.2) is 11.6 Å². The van der Waals surface area contributed by atoms with Crippen LogP contribution in [0.1, 0.15) is 38.3 Å². The van der Waals surface area contributed by atoms with Gasteiger partial charge in [0.2, 0.25) is 0 Å². The molecule has 35 heavy (non-hydrogen) atoms. The number of carbonyl (C=O) groups is 1. The molecule has 3 aromatic rings. The summed E-state index contributed by atoms with van der Waals surface area (Å²) in [5.74, 6) is 1.26. The summed E-state index contributed by atoms with van der Waals surface area (Å²) < 4.78 is 5.51. The molecule has 1 fully saturated rings. The average molecular weight is 475 g/mol. The minimum absolute atomic E-state index is 0.0317. The topological polar surface area (TPSA) is 96.6 Å². The first-order valence-corrected chi connectivity index (χ1v) is 12.0. The molecule has 4 rings (SSSR count). The Morgan fingerprint density at radius 2 is 1.66 bits per heavy atom. The first-order valence-electron chi connectivity index (χ1n) is 12.0. The van der Waals surface area contributed by atoms with Gasteiger partial charge in [-0.15, -0.1) is 0 Å². The predicted octanol–water partition coefficient (Wildman–Crippen LogP) is 4.69. The highest BCUT2D eigenvalue weighted by atomic mass is 16.6. The summed E-state index contributed by atoms with van der Waals surface area (Å²) in [6, 6.07) is 20.6. The Labute approximate surface area is 207 Å². The van der Waals surface area contributed by atoms with E-state index in [1.807, 2.05) is 57.2 Å². The molecule has 0 spiro atoms. The van der Waals surface area contributed by atoms with Crippen molar-refractivity contribution in [2.24, 2.45) is 0 Å². The largest absolute Gasteiger partial charge is 0.444 e. The summed E-state index contributed by atoms with van der Waals surface area (Å²) in [4.78, 5) is 25.3. The van der Waals surface area contributed by atoms with Crippen LogP contribution in [-0.2, 0) is 17.8 Å². The summed E-state index contributed by atoms with van der Waals surface area (Å²) >= 11 is 0. The highest BCUT2D eigenvalue weighted by Crippen LogP contribution is 2.30. The van der Waals surface area contributed by atoms with E-state index in [9.17, 15) is 4.79 Å². The highest BCUT2D eigenvalue weighted by molar-refractivity contribution is 5.75. The number of rotatable bonds is 7. The first-order chi connectivity index (χ1) is 16.8. The van der Waals surface area contributed by atoms with Crippen LogP contribution < -0.4 is 16.0 Å². The van der Waals surface area contributed by atoms with Gasteiger partial charge in [0.05, 0.1) is 0 Å². The summed E-state index contributed by atoms with van der Waals surface area (Å²) in [7, 11) is 0. The fourth-order valence-corrected chi connectivity index (χ4v) is 4.13. The van der Waals surface area contributed by atoms with Crippen molar-refractivity contribution in [3.8, 4) is 0 Å². The molecular formula is C27H34N6O2. The molecule has 0 radical (unpaired) electrons. The molecule has 0 saturated carbocycles. The number of benzene rings is 2. The number of nitrogens with one attached hydrogen (secondary N) is 1. The monoisotopic (exact) mass is 474 g/mol. The van der Waals surface area contributed by atoms with E-state index in [0.717, 1.165) is 6.42 Å². The number of amides is 1. The molecule has 1 atom stereocenters. The molecular weight excluding hydrogens is 440 g/mol. The maximum atomic E-state index is 12.4. The highest BCUT2D eigenvalue weighted by Gasteiger charge is 2.30. The molecule has 8 heteroatoms. The molecule has 1 unspecified atom stereocenters. The number of nitrogens with two attached hydrogens (primary N) is 1. The smallest absolute Gasteiger partial charge is 0.410 e. The van der Waals surface area contributed by atoms with Crippen molar-refractivity contribution in [2.45, 2.75) is 51.9 Å². The minimum atomic E-state index is -0.518. The molecule has 2 heterocycles. The molecule has 1 aliphatic rings. The van der Waals surface area contributed by atoms with Crippen LogP contribution in [-0.4, -0.2) is 45.7 Å². The van der Waals surface area contributed by atoms with Gasteiger partial charge >= 0.3 is 6.09 Å². The lowest BCUT2D eigenvalue weighted by Gasteiger charge is -2.27. The molecule has 184 valence electrons. The Morgan fingerprint density at radius 3 is 2.23 bits per heavy atom. The van der Waals surface area contributed by atoms with Gasteiger partial charge in [0, 0.05) is 32.2 Å². The van der Waals surface area contributed by atoms with Crippen LogP contribution >= 0.6 is 0 Å². The van der Waals surface area contributed by atoms with Gasteiger partial charge in [-0.05, 0) is 38.3 Å². The lowest BCUT2D eigenvalue weighted by molar-refractivity contribution is 0.0293. The zero-order valence-electron chi connectivity index (χ0n) is 20.6. The van der Waals surface area contributed by atoms with Crippen molar-refractivity contribution in [3.63, 3.8) is 0 Å². The number of ether oxygens (including phenoxy) is 1. The second-order valence-electron chi connectivity index (χ2n) is 9.84. The van der Waals surface area contributed by atoms with E-state index in [4.69, 9.17) is 10.5 Å². The zero-order valence-corrected chi connectivity index (χ0v) is 20.6. The number of hydrogen-bond donors (Lipinski definition) is 2. The first kappa shape index (κ1) is 24.3. The van der Waals surface area contributed by atoms with Gasteiger partial charge in [-0.3, -0.25) is 0 Å². The Bertz CT molecular complexity index is 1080. The van der Waals surface area contributed by atoms with Crippen molar-refractivity contribution in [2.75, 3.05) is 29.0 Å². The number of likely N-dealkylation sites (tertiary alicyclic amines) is 1. The fraction of sp³-hybridized carbons (Fsp3) is 0.370. The zero-order chi connectivity index (χ0) is 24.8. The number of hydrogen-bond acceptors (Lipinski definition) is 7. The molecule has 0 bridgehead atoms. The van der Waals surface area contributed by atoms with E-state index in [0.29, 0.717) is 43.5 Å². The van der Waals surface area contributed by atoms with Gasteiger partial charge in [0.25, 0.3) is 0 Å². The maximum absolute atomic E-state index is 12.4. The van der Waals surface area contributed by atoms with E-state index in [1.54, 1.807) is 4.90 Å². The van der Waals surface area contributed by atoms with Gasteiger partial charge < -0.3 is 25.6 Å². The second-order valence-corrected chi connectivity index (χ2v) is 9.84. The quantitative estimate of drug-likeness (QED) is 0.513. The minimum Gasteiger partial charge on any atom is -0.444 e. The predicted molar refractivity (Wildman–Crippen MR) is 139 cm³/mol. The third-order valence-electron chi connectivity index (χ3n) is 5.78. The molecule has 0 aliphatic carbocycles. The number of anilines is 3. The number of nitrogens with zero attached hydrogens (tertiary/aromatic N) is 4. The lowest BCUT2D eigenvalue weighted by atomic mass is 10.1. The van der Waals surface area contributed by atoms with E-state index >= 15 is 0 Å². The van der Waals surface area contributed by atoms with Crippen molar-refractivity contribution in [1.82, 2.24) is 14.9 Å². The molecule has 3 N–H and O–H groups in total. The Kier molecular flexibility index (Phi) is 7.39. The van der Waals surface area contributed by atoms with Crippen LogP contribution in [0.25, 0.3) is 0 Å². The van der Waals surface area contributed by atoms with Crippen molar-refractivity contribution < 1.29 is 9.53 Å². The van der Waals surface area contributed by atoms with Gasteiger partial charge in [0.1, 0.15) is 17.6 Å². The summed E-state index contributed by atoms with van der Waals surface area (Å²) in [6.07, 6.45) is 2.03. The average Bonchev–Trinajstić information content (AvgIpc) is 3.29. The normalized spacial score (nSPS) is 15.6. The molecule has 1 saturated heterocycles. The number of nitrogen functional groups attached to an aromatic ring is 1. The molecule has 2 aromatic carbocycles. The Morgan fingerprint density at radius 1 is 1.06 bits per heavy atom. The standard InChI is InChI=1S/C27H34N6O2/c1-27(2,3)35-26(34)32-15-14-22(18-32)31-24-23(28)25(30-19-29-24)33(16-20-10-6-4-7-11-20)17-21-12-8-5-9-13-21/h4-13,19,22H,14-18,28H2,1-3H3,(H,29,30,31). The summed E-state index contributed by atoms with van der Waals surface area (Å²) in [5, 5.41) is 3.43. The summed E-state index contributed by atoms with van der Waals surface area (Å²) in [6.45, 7) is 8.09. The number of carbonyl (C=O) groups excluding carboxylic acids is 1. The second kappa shape index (κ2) is 10.6. The SMILES string of the molecule is CC(C)(C)OC(=O)N1CCC(Nc2ncnc(N(Cc3ccccc3)Cc3ccccc3)c2N)C1. The third kappa shape index (κ3) is 6.62. The van der Waals surface area contributed by atoms with Crippen molar-refractivity contribution in [3.05, 3.63) is 78.1 Å². The van der Waals surface area contributed by atoms with Crippen molar-refractivity contribution >= 4 is 23.4 Å².